The van der Waals surface area contributed by atoms with E-state index in [0.29, 0.717) is 36.0 Å². The first-order valence-electron chi connectivity index (χ1n) is 8.25. The maximum atomic E-state index is 13.6. The van der Waals surface area contributed by atoms with Crippen molar-refractivity contribution in [3.63, 3.8) is 0 Å². The SMILES string of the molecule is CCOc1ccc(OCC)c(NC(N)=NCc2ccc(C)c(F)c2)c1. The summed E-state index contributed by atoms with van der Waals surface area (Å²) in [5.41, 5.74) is 7.99. The third-order valence-electron chi connectivity index (χ3n) is 3.49. The van der Waals surface area contributed by atoms with E-state index in [1.54, 1.807) is 13.0 Å². The first-order valence-corrected chi connectivity index (χ1v) is 8.25. The molecule has 0 aliphatic rings. The lowest BCUT2D eigenvalue weighted by atomic mass is 10.1. The summed E-state index contributed by atoms with van der Waals surface area (Å²) >= 11 is 0. The number of nitrogens with two attached hydrogens (primary N) is 1. The van der Waals surface area contributed by atoms with Gasteiger partial charge in [0.05, 0.1) is 25.4 Å². The van der Waals surface area contributed by atoms with Crippen LogP contribution in [0, 0.1) is 12.7 Å². The lowest BCUT2D eigenvalue weighted by Crippen LogP contribution is -2.23. The summed E-state index contributed by atoms with van der Waals surface area (Å²) in [4.78, 5) is 4.26. The van der Waals surface area contributed by atoms with Gasteiger partial charge in [-0.1, -0.05) is 12.1 Å². The highest BCUT2D eigenvalue weighted by molar-refractivity contribution is 5.94. The number of rotatable bonds is 7. The Morgan fingerprint density at radius 2 is 1.88 bits per heavy atom. The predicted octanol–water partition coefficient (Wildman–Crippen LogP) is 3.86. The smallest absolute Gasteiger partial charge is 0.193 e. The van der Waals surface area contributed by atoms with E-state index < -0.39 is 0 Å². The average molecular weight is 345 g/mol. The number of hydrogen-bond acceptors (Lipinski definition) is 3. The van der Waals surface area contributed by atoms with Gasteiger partial charge in [-0.3, -0.25) is 0 Å². The van der Waals surface area contributed by atoms with Gasteiger partial charge >= 0.3 is 0 Å². The van der Waals surface area contributed by atoms with Crippen molar-refractivity contribution in [2.24, 2.45) is 10.7 Å². The first kappa shape index (κ1) is 18.6. The highest BCUT2D eigenvalue weighted by atomic mass is 19.1. The van der Waals surface area contributed by atoms with E-state index in [2.05, 4.69) is 10.3 Å². The van der Waals surface area contributed by atoms with E-state index in [0.717, 1.165) is 5.56 Å². The van der Waals surface area contributed by atoms with Gasteiger partial charge in [-0.15, -0.1) is 0 Å². The maximum absolute atomic E-state index is 13.6. The zero-order valence-electron chi connectivity index (χ0n) is 14.8. The summed E-state index contributed by atoms with van der Waals surface area (Å²) in [5.74, 6) is 1.34. The van der Waals surface area contributed by atoms with Crippen LogP contribution in [0.5, 0.6) is 11.5 Å². The molecule has 0 saturated heterocycles. The molecule has 2 aromatic rings. The average Bonchev–Trinajstić information content (AvgIpc) is 2.59. The monoisotopic (exact) mass is 345 g/mol. The second-order valence-corrected chi connectivity index (χ2v) is 5.43. The molecule has 134 valence electrons. The number of halogens is 1. The molecule has 0 unspecified atom stereocenters. The van der Waals surface area contributed by atoms with Gasteiger partial charge in [-0.25, -0.2) is 9.38 Å². The fourth-order valence-corrected chi connectivity index (χ4v) is 2.23. The predicted molar refractivity (Wildman–Crippen MR) is 98.9 cm³/mol. The largest absolute Gasteiger partial charge is 0.494 e. The Balaban J connectivity index is 2.12. The molecule has 0 heterocycles. The van der Waals surface area contributed by atoms with Crippen molar-refractivity contribution < 1.29 is 13.9 Å². The van der Waals surface area contributed by atoms with Crippen molar-refractivity contribution in [3.05, 3.63) is 53.3 Å². The molecule has 2 aromatic carbocycles. The quantitative estimate of drug-likeness (QED) is 0.591. The summed E-state index contributed by atoms with van der Waals surface area (Å²) < 4.78 is 24.7. The van der Waals surface area contributed by atoms with E-state index in [1.165, 1.54) is 6.07 Å². The van der Waals surface area contributed by atoms with E-state index in [-0.39, 0.29) is 18.3 Å². The summed E-state index contributed by atoms with van der Waals surface area (Å²) in [6.45, 7) is 6.92. The summed E-state index contributed by atoms with van der Waals surface area (Å²) in [6.07, 6.45) is 0. The molecule has 0 saturated carbocycles. The minimum absolute atomic E-state index is 0.218. The number of aryl methyl sites for hydroxylation is 1. The topological polar surface area (TPSA) is 68.9 Å². The Hall–Kier alpha value is -2.76. The standard InChI is InChI=1S/C19H24FN3O2/c1-4-24-15-8-9-18(25-5-2)17(11-15)23-19(21)22-12-14-7-6-13(3)16(20)10-14/h6-11H,4-5,12H2,1-3H3,(H3,21,22,23). The summed E-state index contributed by atoms with van der Waals surface area (Å²) in [5, 5.41) is 3.02. The van der Waals surface area contributed by atoms with Crippen LogP contribution in [-0.2, 0) is 6.54 Å². The molecule has 0 aliphatic carbocycles. The van der Waals surface area contributed by atoms with Gasteiger partial charge in [-0.05, 0) is 50.1 Å². The Labute approximate surface area is 147 Å². The highest BCUT2D eigenvalue weighted by Crippen LogP contribution is 2.29. The van der Waals surface area contributed by atoms with Crippen LogP contribution in [-0.4, -0.2) is 19.2 Å². The van der Waals surface area contributed by atoms with Gasteiger partial charge in [0, 0.05) is 6.07 Å². The van der Waals surface area contributed by atoms with Crippen LogP contribution in [0.2, 0.25) is 0 Å². The van der Waals surface area contributed by atoms with Crippen molar-refractivity contribution in [2.45, 2.75) is 27.3 Å². The van der Waals surface area contributed by atoms with Crippen molar-refractivity contribution in [2.75, 3.05) is 18.5 Å². The van der Waals surface area contributed by atoms with Gasteiger partial charge in [0.15, 0.2) is 5.96 Å². The number of benzene rings is 2. The number of hydrogen-bond donors (Lipinski definition) is 2. The van der Waals surface area contributed by atoms with E-state index in [1.807, 2.05) is 38.1 Å². The second kappa shape index (κ2) is 8.92. The van der Waals surface area contributed by atoms with Crippen molar-refractivity contribution in [1.82, 2.24) is 0 Å². The highest BCUT2D eigenvalue weighted by Gasteiger charge is 2.07. The molecular formula is C19H24FN3O2. The van der Waals surface area contributed by atoms with Crippen LogP contribution in [0.3, 0.4) is 0 Å². The molecule has 5 nitrogen and oxygen atoms in total. The molecule has 0 radical (unpaired) electrons. The second-order valence-electron chi connectivity index (χ2n) is 5.43. The Kier molecular flexibility index (Phi) is 6.62. The molecule has 0 fully saturated rings. The number of ether oxygens (including phenoxy) is 2. The van der Waals surface area contributed by atoms with Crippen LogP contribution in [0.1, 0.15) is 25.0 Å². The summed E-state index contributed by atoms with van der Waals surface area (Å²) in [6, 6.07) is 10.5. The van der Waals surface area contributed by atoms with Gasteiger partial charge in [-0.2, -0.15) is 0 Å². The fraction of sp³-hybridized carbons (Fsp3) is 0.316. The molecule has 3 N–H and O–H groups in total. The molecule has 6 heteroatoms. The molecular weight excluding hydrogens is 321 g/mol. The number of aliphatic imine (C=N–C) groups is 1. The molecule has 0 bridgehead atoms. The van der Waals surface area contributed by atoms with Crippen molar-refractivity contribution in [1.29, 1.82) is 0 Å². The van der Waals surface area contributed by atoms with Gasteiger partial charge < -0.3 is 20.5 Å². The van der Waals surface area contributed by atoms with Gasteiger partial charge in [0.1, 0.15) is 17.3 Å². The number of anilines is 1. The molecule has 25 heavy (non-hydrogen) atoms. The zero-order chi connectivity index (χ0) is 18.2. The number of nitrogens with zero attached hydrogens (tertiary/aromatic N) is 1. The van der Waals surface area contributed by atoms with E-state index in [9.17, 15) is 4.39 Å². The Morgan fingerprint density at radius 1 is 1.12 bits per heavy atom. The van der Waals surface area contributed by atoms with Crippen molar-refractivity contribution in [3.8, 4) is 11.5 Å². The molecule has 0 atom stereocenters. The van der Waals surface area contributed by atoms with Crippen LogP contribution in [0.4, 0.5) is 10.1 Å². The molecule has 2 rings (SSSR count). The minimum atomic E-state index is -0.248. The Bertz CT molecular complexity index is 747. The van der Waals surface area contributed by atoms with Crippen molar-refractivity contribution >= 4 is 11.6 Å². The molecule has 0 amide bonds. The zero-order valence-corrected chi connectivity index (χ0v) is 14.8. The van der Waals surface area contributed by atoms with Crippen LogP contribution in [0.15, 0.2) is 41.4 Å². The molecule has 0 aliphatic heterocycles. The van der Waals surface area contributed by atoms with Crippen LogP contribution in [0.25, 0.3) is 0 Å². The summed E-state index contributed by atoms with van der Waals surface area (Å²) in [7, 11) is 0. The Morgan fingerprint density at radius 3 is 2.56 bits per heavy atom. The molecule has 0 aromatic heterocycles. The third-order valence-corrected chi connectivity index (χ3v) is 3.49. The maximum Gasteiger partial charge on any atom is 0.193 e. The van der Waals surface area contributed by atoms with Crippen LogP contribution < -0.4 is 20.5 Å². The normalized spacial score (nSPS) is 11.3. The lowest BCUT2D eigenvalue weighted by Gasteiger charge is -2.14. The van der Waals surface area contributed by atoms with Crippen LogP contribution >= 0.6 is 0 Å². The number of nitrogens with one attached hydrogen (secondary N) is 1. The van der Waals surface area contributed by atoms with E-state index >= 15 is 0 Å². The van der Waals surface area contributed by atoms with E-state index in [4.69, 9.17) is 15.2 Å². The first-order chi connectivity index (χ1) is 12.0. The lowest BCUT2D eigenvalue weighted by molar-refractivity contribution is 0.332. The number of guanidine groups is 1. The third kappa shape index (κ3) is 5.38. The fourth-order valence-electron chi connectivity index (χ4n) is 2.23. The molecule has 0 spiro atoms. The van der Waals surface area contributed by atoms with Gasteiger partial charge in [0.2, 0.25) is 0 Å². The van der Waals surface area contributed by atoms with Gasteiger partial charge in [0.25, 0.3) is 0 Å². The minimum Gasteiger partial charge on any atom is -0.494 e.